The molecule has 66 valence electrons. The highest BCUT2D eigenvalue weighted by molar-refractivity contribution is 14.1. The van der Waals surface area contributed by atoms with Crippen LogP contribution in [0.15, 0.2) is 12.1 Å². The molecule has 0 spiro atoms. The fourth-order valence-corrected chi connectivity index (χ4v) is 3.20. The van der Waals surface area contributed by atoms with Gasteiger partial charge >= 0.3 is 11.9 Å². The summed E-state index contributed by atoms with van der Waals surface area (Å²) in [6.07, 6.45) is 0. The molecule has 0 saturated heterocycles. The Balaban J connectivity index is 2.77. The van der Waals surface area contributed by atoms with Crippen molar-refractivity contribution in [1.82, 2.24) is 0 Å². The SMILES string of the molecule is O=C1OC(=O)c2c(I)cc(I)cc21. The summed E-state index contributed by atoms with van der Waals surface area (Å²) in [4.78, 5) is 22.3. The molecule has 1 heterocycles. The largest absolute Gasteiger partial charge is 0.386 e. The van der Waals surface area contributed by atoms with Gasteiger partial charge < -0.3 is 4.74 Å². The standard InChI is InChI=1S/C8H2I2O3/c9-3-1-4-6(5(10)2-3)8(12)13-7(4)11/h1-2H. The van der Waals surface area contributed by atoms with Crippen LogP contribution in [0.25, 0.3) is 0 Å². The van der Waals surface area contributed by atoms with E-state index in [1.165, 1.54) is 0 Å². The molecule has 13 heavy (non-hydrogen) atoms. The van der Waals surface area contributed by atoms with E-state index in [1.54, 1.807) is 6.07 Å². The van der Waals surface area contributed by atoms with Crippen molar-refractivity contribution in [2.45, 2.75) is 0 Å². The molecule has 0 N–H and O–H groups in total. The number of rotatable bonds is 0. The van der Waals surface area contributed by atoms with Gasteiger partial charge in [-0.1, -0.05) is 0 Å². The molecular weight excluding hydrogens is 398 g/mol. The monoisotopic (exact) mass is 400 g/mol. The van der Waals surface area contributed by atoms with E-state index in [2.05, 4.69) is 27.3 Å². The highest BCUT2D eigenvalue weighted by atomic mass is 127. The number of ether oxygens (including phenoxy) is 1. The number of fused-ring (bicyclic) bond motifs is 1. The molecular formula is C8H2I2O3. The van der Waals surface area contributed by atoms with Gasteiger partial charge in [-0.15, -0.1) is 0 Å². The molecule has 0 bridgehead atoms. The summed E-state index contributed by atoms with van der Waals surface area (Å²) < 4.78 is 6.16. The maximum absolute atomic E-state index is 11.2. The van der Waals surface area contributed by atoms with Gasteiger partial charge in [0.25, 0.3) is 0 Å². The Labute approximate surface area is 101 Å². The highest BCUT2D eigenvalue weighted by Crippen LogP contribution is 2.27. The van der Waals surface area contributed by atoms with Crippen molar-refractivity contribution in [2.75, 3.05) is 0 Å². The number of hydrogen-bond acceptors (Lipinski definition) is 3. The van der Waals surface area contributed by atoms with Crippen LogP contribution in [-0.2, 0) is 4.74 Å². The summed E-state index contributed by atoms with van der Waals surface area (Å²) in [6, 6.07) is 3.49. The first-order valence-electron chi connectivity index (χ1n) is 3.35. The number of benzene rings is 1. The molecule has 1 aromatic rings. The van der Waals surface area contributed by atoms with E-state index in [0.29, 0.717) is 11.1 Å². The average molecular weight is 400 g/mol. The van der Waals surface area contributed by atoms with Crippen LogP contribution in [-0.4, -0.2) is 11.9 Å². The summed E-state index contributed by atoms with van der Waals surface area (Å²) in [7, 11) is 0. The Bertz CT molecular complexity index is 426. The maximum Gasteiger partial charge on any atom is 0.347 e. The van der Waals surface area contributed by atoms with Crippen LogP contribution < -0.4 is 0 Å². The van der Waals surface area contributed by atoms with Crippen molar-refractivity contribution in [2.24, 2.45) is 0 Å². The van der Waals surface area contributed by atoms with Gasteiger partial charge in [-0.2, -0.15) is 0 Å². The lowest BCUT2D eigenvalue weighted by Gasteiger charge is -1.96. The maximum atomic E-state index is 11.2. The first kappa shape index (κ1) is 9.38. The van der Waals surface area contributed by atoms with Crippen LogP contribution in [0, 0.1) is 7.14 Å². The minimum absolute atomic E-state index is 0.376. The minimum atomic E-state index is -0.545. The zero-order chi connectivity index (χ0) is 9.59. The van der Waals surface area contributed by atoms with Crippen LogP contribution in [0.5, 0.6) is 0 Å². The highest BCUT2D eigenvalue weighted by Gasteiger charge is 2.31. The summed E-state index contributed by atoms with van der Waals surface area (Å²) in [6.45, 7) is 0. The molecule has 0 radical (unpaired) electrons. The Hall–Kier alpha value is -0.180. The molecule has 0 aliphatic carbocycles. The lowest BCUT2D eigenvalue weighted by molar-refractivity contribution is 0.0443. The summed E-state index contributed by atoms with van der Waals surface area (Å²) >= 11 is 4.11. The number of esters is 2. The van der Waals surface area contributed by atoms with Gasteiger partial charge in [-0.05, 0) is 57.3 Å². The lowest BCUT2D eigenvalue weighted by atomic mass is 10.1. The van der Waals surface area contributed by atoms with Crippen LogP contribution in [0.4, 0.5) is 0 Å². The number of cyclic esters (lactones) is 2. The van der Waals surface area contributed by atoms with Gasteiger partial charge in [0.15, 0.2) is 0 Å². The molecule has 0 amide bonds. The number of halogens is 2. The Kier molecular flexibility index (Phi) is 2.30. The Morgan fingerprint density at radius 3 is 2.46 bits per heavy atom. The van der Waals surface area contributed by atoms with E-state index in [0.717, 1.165) is 7.14 Å². The van der Waals surface area contributed by atoms with Crippen molar-refractivity contribution in [1.29, 1.82) is 0 Å². The molecule has 1 aliphatic rings. The third kappa shape index (κ3) is 1.47. The molecule has 0 saturated carbocycles. The topological polar surface area (TPSA) is 43.4 Å². The average Bonchev–Trinajstić information content (AvgIpc) is 2.27. The summed E-state index contributed by atoms with van der Waals surface area (Å²) in [5, 5.41) is 0. The van der Waals surface area contributed by atoms with E-state index >= 15 is 0 Å². The predicted molar refractivity (Wildman–Crippen MR) is 61.6 cm³/mol. The molecule has 3 nitrogen and oxygen atoms in total. The van der Waals surface area contributed by atoms with Crippen molar-refractivity contribution >= 4 is 57.1 Å². The third-order valence-corrected chi connectivity index (χ3v) is 3.14. The zero-order valence-electron chi connectivity index (χ0n) is 6.14. The summed E-state index contributed by atoms with van der Waals surface area (Å²) in [5.74, 6) is -1.09. The van der Waals surface area contributed by atoms with Gasteiger partial charge in [0.05, 0.1) is 11.1 Å². The molecule has 0 atom stereocenters. The van der Waals surface area contributed by atoms with Crippen LogP contribution in [0.3, 0.4) is 0 Å². The molecule has 1 aliphatic heterocycles. The van der Waals surface area contributed by atoms with E-state index in [4.69, 9.17) is 0 Å². The number of hydrogen-bond donors (Lipinski definition) is 0. The summed E-state index contributed by atoms with van der Waals surface area (Å²) in [5.41, 5.74) is 0.771. The second-order valence-corrected chi connectivity index (χ2v) is 4.89. The van der Waals surface area contributed by atoms with Gasteiger partial charge in [-0.25, -0.2) is 9.59 Å². The van der Waals surface area contributed by atoms with Gasteiger partial charge in [0.1, 0.15) is 0 Å². The predicted octanol–water partition coefficient (Wildman–Crippen LogP) is 2.21. The Morgan fingerprint density at radius 2 is 1.77 bits per heavy atom. The molecule has 0 unspecified atom stereocenters. The van der Waals surface area contributed by atoms with Crippen LogP contribution in [0.1, 0.15) is 20.7 Å². The number of carbonyl (C=O) groups excluding carboxylic acids is 2. The second kappa shape index (κ2) is 3.19. The van der Waals surface area contributed by atoms with Crippen molar-refractivity contribution < 1.29 is 14.3 Å². The number of carbonyl (C=O) groups is 2. The third-order valence-electron chi connectivity index (χ3n) is 1.66. The quantitative estimate of drug-likeness (QED) is 0.381. The fraction of sp³-hybridized carbons (Fsp3) is 0. The zero-order valence-corrected chi connectivity index (χ0v) is 10.5. The van der Waals surface area contributed by atoms with Gasteiger partial charge in [0, 0.05) is 7.14 Å². The van der Waals surface area contributed by atoms with E-state index in [1.807, 2.05) is 28.7 Å². The molecule has 1 aromatic carbocycles. The van der Waals surface area contributed by atoms with Crippen molar-refractivity contribution in [3.05, 3.63) is 30.4 Å². The smallest absolute Gasteiger partial charge is 0.347 e. The normalized spacial score (nSPS) is 14.3. The molecule has 0 aromatic heterocycles. The van der Waals surface area contributed by atoms with Crippen molar-refractivity contribution in [3.8, 4) is 0 Å². The fourth-order valence-electron chi connectivity index (χ4n) is 1.13. The Morgan fingerprint density at radius 1 is 1.08 bits per heavy atom. The van der Waals surface area contributed by atoms with Gasteiger partial charge in [0.2, 0.25) is 0 Å². The second-order valence-electron chi connectivity index (χ2n) is 2.49. The minimum Gasteiger partial charge on any atom is -0.386 e. The lowest BCUT2D eigenvalue weighted by Crippen LogP contribution is -1.97. The molecule has 2 rings (SSSR count). The van der Waals surface area contributed by atoms with Crippen molar-refractivity contribution in [3.63, 3.8) is 0 Å². The van der Waals surface area contributed by atoms with E-state index in [-0.39, 0.29) is 0 Å². The van der Waals surface area contributed by atoms with E-state index in [9.17, 15) is 9.59 Å². The van der Waals surface area contributed by atoms with Gasteiger partial charge in [-0.3, -0.25) is 0 Å². The van der Waals surface area contributed by atoms with E-state index < -0.39 is 11.9 Å². The first-order chi connectivity index (χ1) is 6.09. The van der Waals surface area contributed by atoms with Crippen LogP contribution in [0.2, 0.25) is 0 Å². The first-order valence-corrected chi connectivity index (χ1v) is 5.51. The van der Waals surface area contributed by atoms with Crippen LogP contribution >= 0.6 is 45.2 Å². The molecule has 0 fully saturated rings. The molecule has 5 heteroatoms.